The smallest absolute Gasteiger partial charge is 0.325 e. The highest BCUT2D eigenvalue weighted by molar-refractivity contribution is 7.22. The van der Waals surface area contributed by atoms with Gasteiger partial charge in [-0.05, 0) is 18.2 Å². The Morgan fingerprint density at radius 1 is 1.22 bits per heavy atom. The number of rotatable bonds is 3. The lowest BCUT2D eigenvalue weighted by molar-refractivity contribution is 0.262. The quantitative estimate of drug-likeness (QED) is 0.753. The summed E-state index contributed by atoms with van der Waals surface area (Å²) in [5.74, 6) is -0.960. The molecule has 0 saturated carbocycles. The van der Waals surface area contributed by atoms with E-state index >= 15 is 0 Å². The standard InChI is InChI=1S/C15H11F2N3O2S/c1-22-11-5-3-2-4-10(11)18-14(21)20-15-19-13-9(17)6-8(16)7-12(13)23-15/h2-7H,1H3,(H2,18,19,20,21). The summed E-state index contributed by atoms with van der Waals surface area (Å²) in [4.78, 5) is 16.0. The van der Waals surface area contributed by atoms with Crippen molar-refractivity contribution < 1.29 is 18.3 Å². The first-order chi connectivity index (χ1) is 11.1. The molecule has 118 valence electrons. The van der Waals surface area contributed by atoms with Gasteiger partial charge >= 0.3 is 6.03 Å². The van der Waals surface area contributed by atoms with Crippen molar-refractivity contribution in [2.24, 2.45) is 0 Å². The predicted octanol–water partition coefficient (Wildman–Crippen LogP) is 4.23. The molecule has 0 aliphatic rings. The van der Waals surface area contributed by atoms with E-state index < -0.39 is 17.7 Å². The minimum Gasteiger partial charge on any atom is -0.495 e. The third-order valence-electron chi connectivity index (χ3n) is 2.99. The molecule has 0 saturated heterocycles. The molecule has 2 N–H and O–H groups in total. The van der Waals surface area contributed by atoms with Gasteiger partial charge in [-0.3, -0.25) is 5.32 Å². The molecule has 3 rings (SSSR count). The summed E-state index contributed by atoms with van der Waals surface area (Å²) in [6.45, 7) is 0. The van der Waals surface area contributed by atoms with E-state index in [1.807, 2.05) is 0 Å². The summed E-state index contributed by atoms with van der Waals surface area (Å²) in [6, 6.07) is 8.24. The third-order valence-corrected chi connectivity index (χ3v) is 3.91. The van der Waals surface area contributed by atoms with E-state index in [1.54, 1.807) is 24.3 Å². The van der Waals surface area contributed by atoms with E-state index in [9.17, 15) is 13.6 Å². The topological polar surface area (TPSA) is 63.2 Å². The molecule has 2 amide bonds. The molecule has 3 aromatic rings. The highest BCUT2D eigenvalue weighted by Crippen LogP contribution is 2.29. The summed E-state index contributed by atoms with van der Waals surface area (Å²) < 4.78 is 32.2. The molecular formula is C15H11F2N3O2S. The fraction of sp³-hybridized carbons (Fsp3) is 0.0667. The zero-order valence-corrected chi connectivity index (χ0v) is 12.7. The maximum absolute atomic E-state index is 13.6. The first kappa shape index (κ1) is 15.2. The average molecular weight is 335 g/mol. The average Bonchev–Trinajstić information content (AvgIpc) is 2.90. The monoisotopic (exact) mass is 335 g/mol. The van der Waals surface area contributed by atoms with Crippen LogP contribution in [0.5, 0.6) is 5.75 Å². The van der Waals surface area contributed by atoms with Crippen LogP contribution in [0, 0.1) is 11.6 Å². The molecule has 1 heterocycles. The molecule has 2 aromatic carbocycles. The van der Waals surface area contributed by atoms with Crippen LogP contribution in [-0.2, 0) is 0 Å². The van der Waals surface area contributed by atoms with Crippen molar-refractivity contribution in [3.05, 3.63) is 48.0 Å². The van der Waals surface area contributed by atoms with Crippen molar-refractivity contribution in [1.82, 2.24) is 4.98 Å². The van der Waals surface area contributed by atoms with Gasteiger partial charge in [-0.25, -0.2) is 18.6 Å². The first-order valence-electron chi connectivity index (χ1n) is 6.53. The van der Waals surface area contributed by atoms with Crippen LogP contribution in [0.1, 0.15) is 0 Å². The Balaban J connectivity index is 1.79. The number of carbonyl (C=O) groups excluding carboxylic acids is 1. The lowest BCUT2D eigenvalue weighted by Crippen LogP contribution is -2.19. The molecule has 0 spiro atoms. The second-order valence-electron chi connectivity index (χ2n) is 4.53. The van der Waals surface area contributed by atoms with Crippen LogP contribution >= 0.6 is 11.3 Å². The Hall–Kier alpha value is -2.74. The molecule has 0 bridgehead atoms. The highest BCUT2D eigenvalue weighted by atomic mass is 32.1. The fourth-order valence-electron chi connectivity index (χ4n) is 2.01. The maximum Gasteiger partial charge on any atom is 0.325 e. The van der Waals surface area contributed by atoms with Gasteiger partial charge in [0.1, 0.15) is 17.1 Å². The molecule has 5 nitrogen and oxygen atoms in total. The molecule has 23 heavy (non-hydrogen) atoms. The molecule has 8 heteroatoms. The zero-order valence-electron chi connectivity index (χ0n) is 11.9. The lowest BCUT2D eigenvalue weighted by atomic mass is 10.3. The number of amides is 2. The number of thiazole rings is 1. The summed E-state index contributed by atoms with van der Waals surface area (Å²) in [5.41, 5.74) is 0.495. The van der Waals surface area contributed by atoms with Crippen molar-refractivity contribution in [2.45, 2.75) is 0 Å². The largest absolute Gasteiger partial charge is 0.495 e. The Bertz CT molecular complexity index is 882. The van der Waals surface area contributed by atoms with Gasteiger partial charge in [0.05, 0.1) is 17.5 Å². The van der Waals surface area contributed by atoms with Gasteiger partial charge in [0.25, 0.3) is 0 Å². The van der Waals surface area contributed by atoms with Gasteiger partial charge in [0.2, 0.25) is 0 Å². The minimum atomic E-state index is -0.769. The van der Waals surface area contributed by atoms with Gasteiger partial charge in [0, 0.05) is 6.07 Å². The number of fused-ring (bicyclic) bond motifs is 1. The van der Waals surface area contributed by atoms with Crippen molar-refractivity contribution in [3.8, 4) is 5.75 Å². The second kappa shape index (κ2) is 6.17. The maximum atomic E-state index is 13.6. The van der Waals surface area contributed by atoms with Gasteiger partial charge in [0.15, 0.2) is 10.9 Å². The molecule has 0 fully saturated rings. The van der Waals surface area contributed by atoms with E-state index in [0.29, 0.717) is 16.1 Å². The number of hydrogen-bond donors (Lipinski definition) is 2. The Kier molecular flexibility index (Phi) is 4.07. The molecule has 0 atom stereocenters. The van der Waals surface area contributed by atoms with E-state index in [1.165, 1.54) is 13.2 Å². The Morgan fingerprint density at radius 2 is 2.00 bits per heavy atom. The summed E-state index contributed by atoms with van der Waals surface area (Å²) in [6.07, 6.45) is 0. The highest BCUT2D eigenvalue weighted by Gasteiger charge is 2.13. The number of urea groups is 1. The first-order valence-corrected chi connectivity index (χ1v) is 7.35. The lowest BCUT2D eigenvalue weighted by Gasteiger charge is -2.09. The molecular weight excluding hydrogens is 324 g/mol. The van der Waals surface area contributed by atoms with Crippen LogP contribution in [0.4, 0.5) is 24.4 Å². The third kappa shape index (κ3) is 3.21. The Morgan fingerprint density at radius 3 is 2.78 bits per heavy atom. The van der Waals surface area contributed by atoms with E-state index in [0.717, 1.165) is 17.4 Å². The molecule has 0 aliphatic carbocycles. The van der Waals surface area contributed by atoms with Crippen LogP contribution in [0.15, 0.2) is 36.4 Å². The van der Waals surface area contributed by atoms with Crippen LogP contribution in [0.3, 0.4) is 0 Å². The fourth-order valence-corrected chi connectivity index (χ4v) is 2.91. The second-order valence-corrected chi connectivity index (χ2v) is 5.56. The number of halogens is 2. The van der Waals surface area contributed by atoms with Crippen molar-refractivity contribution in [2.75, 3.05) is 17.7 Å². The van der Waals surface area contributed by atoms with Crippen molar-refractivity contribution in [3.63, 3.8) is 0 Å². The Labute approximate surface area is 133 Å². The van der Waals surface area contributed by atoms with E-state index in [4.69, 9.17) is 4.74 Å². The summed E-state index contributed by atoms with van der Waals surface area (Å²) >= 11 is 0.980. The normalized spacial score (nSPS) is 10.6. The zero-order chi connectivity index (χ0) is 16.4. The number of para-hydroxylation sites is 2. The van der Waals surface area contributed by atoms with Crippen molar-refractivity contribution in [1.29, 1.82) is 0 Å². The number of methoxy groups -OCH3 is 1. The number of hydrogen-bond acceptors (Lipinski definition) is 4. The number of benzene rings is 2. The predicted molar refractivity (Wildman–Crippen MR) is 85.2 cm³/mol. The number of carbonyl (C=O) groups is 1. The van der Waals surface area contributed by atoms with Gasteiger partial charge in [-0.2, -0.15) is 0 Å². The minimum absolute atomic E-state index is 0.0176. The SMILES string of the molecule is COc1ccccc1NC(=O)Nc1nc2c(F)cc(F)cc2s1. The van der Waals surface area contributed by atoms with E-state index in [2.05, 4.69) is 15.6 Å². The summed E-state index contributed by atoms with van der Waals surface area (Å²) in [7, 11) is 1.49. The number of nitrogens with one attached hydrogen (secondary N) is 2. The van der Waals surface area contributed by atoms with Crippen LogP contribution < -0.4 is 15.4 Å². The van der Waals surface area contributed by atoms with Crippen LogP contribution in [-0.4, -0.2) is 18.1 Å². The van der Waals surface area contributed by atoms with E-state index in [-0.39, 0.29) is 10.6 Å². The molecule has 0 aliphatic heterocycles. The number of nitrogens with zero attached hydrogens (tertiary/aromatic N) is 1. The van der Waals surface area contributed by atoms with Crippen LogP contribution in [0.2, 0.25) is 0 Å². The number of aromatic nitrogens is 1. The number of anilines is 2. The number of ether oxygens (including phenoxy) is 1. The molecule has 0 unspecified atom stereocenters. The van der Waals surface area contributed by atoms with Crippen LogP contribution in [0.25, 0.3) is 10.2 Å². The van der Waals surface area contributed by atoms with Crippen molar-refractivity contribution >= 4 is 38.4 Å². The van der Waals surface area contributed by atoms with Gasteiger partial charge in [-0.1, -0.05) is 23.5 Å². The molecule has 1 aromatic heterocycles. The molecule has 0 radical (unpaired) electrons. The van der Waals surface area contributed by atoms with Gasteiger partial charge < -0.3 is 10.1 Å². The summed E-state index contributed by atoms with van der Waals surface area (Å²) in [5, 5.41) is 5.26. The van der Waals surface area contributed by atoms with Gasteiger partial charge in [-0.15, -0.1) is 0 Å².